The van der Waals surface area contributed by atoms with Crippen molar-refractivity contribution >= 4 is 19.3 Å². The number of carbonyl (C=O) groups is 2. The van der Waals surface area contributed by atoms with Crippen molar-refractivity contribution < 1.29 is 29.3 Å². The molecule has 16 heavy (non-hydrogen) atoms. The van der Waals surface area contributed by atoms with E-state index >= 15 is 0 Å². The maximum Gasteiger partial charge on any atom is 0.306 e. The molecule has 2 atom stereocenters. The molecular formula is C9H17O6P. The molecule has 0 amide bonds. The summed E-state index contributed by atoms with van der Waals surface area (Å²) in [6.07, 6.45) is 0.482. The fourth-order valence-corrected chi connectivity index (χ4v) is 2.08. The van der Waals surface area contributed by atoms with Gasteiger partial charge in [0.05, 0.1) is 5.92 Å². The largest absolute Gasteiger partial charge is 0.481 e. The van der Waals surface area contributed by atoms with Crippen LogP contribution in [0.25, 0.3) is 0 Å². The van der Waals surface area contributed by atoms with Crippen LogP contribution < -0.4 is 0 Å². The second-order valence-electron chi connectivity index (χ2n) is 3.88. The molecule has 0 spiro atoms. The minimum absolute atomic E-state index is 0.0446. The summed E-state index contributed by atoms with van der Waals surface area (Å²) in [7, 11) is -3.19. The number of carboxylic acid groups (broad SMARTS) is 2. The average molecular weight is 252 g/mol. The van der Waals surface area contributed by atoms with E-state index in [1.54, 1.807) is 0 Å². The molecule has 0 aromatic heterocycles. The Balaban J connectivity index is 4.04. The third kappa shape index (κ3) is 8.44. The molecular weight excluding hydrogens is 235 g/mol. The van der Waals surface area contributed by atoms with Gasteiger partial charge in [0, 0.05) is 19.2 Å². The van der Waals surface area contributed by atoms with E-state index in [4.69, 9.17) is 15.1 Å². The highest BCUT2D eigenvalue weighted by molar-refractivity contribution is 7.57. The van der Waals surface area contributed by atoms with E-state index in [2.05, 4.69) is 0 Å². The van der Waals surface area contributed by atoms with Crippen molar-refractivity contribution in [3.05, 3.63) is 0 Å². The molecule has 0 saturated carbocycles. The van der Waals surface area contributed by atoms with Gasteiger partial charge in [-0.2, -0.15) is 0 Å². The van der Waals surface area contributed by atoms with Crippen LogP contribution in [0.1, 0.15) is 25.7 Å². The molecule has 0 radical (unpaired) electrons. The predicted molar refractivity (Wildman–Crippen MR) is 57.8 cm³/mol. The van der Waals surface area contributed by atoms with Crippen LogP contribution in [0.3, 0.4) is 0 Å². The highest BCUT2D eigenvalue weighted by atomic mass is 31.2. The molecule has 0 aliphatic rings. The molecule has 0 aliphatic heterocycles. The third-order valence-corrected chi connectivity index (χ3v) is 3.27. The minimum Gasteiger partial charge on any atom is -0.481 e. The molecule has 0 aromatic rings. The van der Waals surface area contributed by atoms with E-state index in [0.29, 0.717) is 0 Å². The second kappa shape index (κ2) is 6.66. The van der Waals surface area contributed by atoms with Gasteiger partial charge in [-0.05, 0) is 19.3 Å². The summed E-state index contributed by atoms with van der Waals surface area (Å²) in [5.74, 6) is -2.74. The highest BCUT2D eigenvalue weighted by Gasteiger charge is 2.21. The first-order valence-electron chi connectivity index (χ1n) is 4.96. The third-order valence-electron chi connectivity index (χ3n) is 2.18. The van der Waals surface area contributed by atoms with Crippen LogP contribution in [0.2, 0.25) is 0 Å². The summed E-state index contributed by atoms with van der Waals surface area (Å²) in [5, 5.41) is 17.2. The molecule has 6 nitrogen and oxygen atoms in total. The van der Waals surface area contributed by atoms with Crippen molar-refractivity contribution in [3.8, 4) is 0 Å². The van der Waals surface area contributed by atoms with Gasteiger partial charge in [-0.15, -0.1) is 0 Å². The van der Waals surface area contributed by atoms with Crippen molar-refractivity contribution in [1.29, 1.82) is 0 Å². The van der Waals surface area contributed by atoms with E-state index in [9.17, 15) is 14.2 Å². The number of hydrogen-bond donors (Lipinski definition) is 3. The first-order chi connectivity index (χ1) is 7.22. The molecule has 0 saturated heterocycles. The lowest BCUT2D eigenvalue weighted by Crippen LogP contribution is -2.15. The molecule has 0 heterocycles. The number of aliphatic carboxylic acids is 2. The molecule has 0 bridgehead atoms. The van der Waals surface area contributed by atoms with Crippen molar-refractivity contribution in [2.75, 3.05) is 12.8 Å². The van der Waals surface area contributed by atoms with E-state index in [0.717, 1.165) is 0 Å². The standard InChI is InChI=1S/C9H17O6P/c1-16(14,15)6-5-7(9(12)13)3-2-4-8(10)11/h7H,2-6H2,1H3,(H,10,11)(H,12,13)(H,14,15). The van der Waals surface area contributed by atoms with Gasteiger partial charge >= 0.3 is 11.9 Å². The van der Waals surface area contributed by atoms with Crippen molar-refractivity contribution in [1.82, 2.24) is 0 Å². The molecule has 0 rings (SSSR count). The van der Waals surface area contributed by atoms with Crippen molar-refractivity contribution in [2.24, 2.45) is 5.92 Å². The van der Waals surface area contributed by atoms with Crippen LogP contribution in [0.15, 0.2) is 0 Å². The van der Waals surface area contributed by atoms with Crippen LogP contribution in [-0.2, 0) is 14.2 Å². The van der Waals surface area contributed by atoms with Gasteiger partial charge in [0.25, 0.3) is 0 Å². The Labute approximate surface area is 93.7 Å². The Morgan fingerprint density at radius 3 is 2.19 bits per heavy atom. The molecule has 2 unspecified atom stereocenters. The topological polar surface area (TPSA) is 112 Å². The zero-order valence-electron chi connectivity index (χ0n) is 9.13. The normalized spacial score (nSPS) is 16.4. The maximum atomic E-state index is 11.0. The van der Waals surface area contributed by atoms with Gasteiger partial charge in [-0.1, -0.05) is 0 Å². The number of carboxylic acids is 2. The lowest BCUT2D eigenvalue weighted by Gasteiger charge is -2.12. The fourth-order valence-electron chi connectivity index (χ4n) is 1.29. The summed E-state index contributed by atoms with van der Waals surface area (Å²) in [6, 6.07) is 0. The van der Waals surface area contributed by atoms with E-state index in [-0.39, 0.29) is 31.8 Å². The Morgan fingerprint density at radius 1 is 1.25 bits per heavy atom. The summed E-state index contributed by atoms with van der Waals surface area (Å²) in [4.78, 5) is 30.0. The van der Waals surface area contributed by atoms with Gasteiger partial charge in [-0.3, -0.25) is 14.2 Å². The molecule has 3 N–H and O–H groups in total. The quantitative estimate of drug-likeness (QED) is 0.560. The lowest BCUT2D eigenvalue weighted by atomic mass is 9.99. The van der Waals surface area contributed by atoms with Crippen LogP contribution >= 0.6 is 7.37 Å². The monoisotopic (exact) mass is 252 g/mol. The average Bonchev–Trinajstić information content (AvgIpc) is 2.07. The number of hydrogen-bond acceptors (Lipinski definition) is 3. The lowest BCUT2D eigenvalue weighted by molar-refractivity contribution is -0.143. The molecule has 0 aliphatic carbocycles. The predicted octanol–water partition coefficient (Wildman–Crippen LogP) is 1.23. The van der Waals surface area contributed by atoms with Crippen LogP contribution in [0, 0.1) is 5.92 Å². The SMILES string of the molecule is CP(=O)(O)CCC(CCCC(=O)O)C(=O)O. The molecule has 7 heteroatoms. The number of rotatable bonds is 8. The zero-order valence-corrected chi connectivity index (χ0v) is 10.0. The zero-order chi connectivity index (χ0) is 12.8. The van der Waals surface area contributed by atoms with Crippen LogP contribution in [0.5, 0.6) is 0 Å². The summed E-state index contributed by atoms with van der Waals surface area (Å²) in [5.41, 5.74) is 0. The van der Waals surface area contributed by atoms with E-state index < -0.39 is 25.2 Å². The molecule has 0 fully saturated rings. The smallest absolute Gasteiger partial charge is 0.306 e. The van der Waals surface area contributed by atoms with Gasteiger partial charge in [0.1, 0.15) is 0 Å². The first kappa shape index (κ1) is 15.1. The summed E-state index contributed by atoms with van der Waals surface area (Å²) < 4.78 is 11.0. The highest BCUT2D eigenvalue weighted by Crippen LogP contribution is 2.37. The summed E-state index contributed by atoms with van der Waals surface area (Å²) in [6.45, 7) is 1.18. The van der Waals surface area contributed by atoms with Crippen molar-refractivity contribution in [2.45, 2.75) is 25.7 Å². The summed E-state index contributed by atoms with van der Waals surface area (Å²) >= 11 is 0. The van der Waals surface area contributed by atoms with Crippen molar-refractivity contribution in [3.63, 3.8) is 0 Å². The molecule has 0 aromatic carbocycles. The van der Waals surface area contributed by atoms with Gasteiger partial charge < -0.3 is 15.1 Å². The van der Waals surface area contributed by atoms with Crippen LogP contribution in [-0.4, -0.2) is 39.9 Å². The Kier molecular flexibility index (Phi) is 6.29. The Bertz CT molecular complexity index is 294. The van der Waals surface area contributed by atoms with E-state index in [1.807, 2.05) is 0 Å². The Hall–Kier alpha value is -0.870. The second-order valence-corrected chi connectivity index (χ2v) is 6.43. The first-order valence-corrected chi connectivity index (χ1v) is 7.25. The Morgan fingerprint density at radius 2 is 1.81 bits per heavy atom. The minimum atomic E-state index is -3.19. The van der Waals surface area contributed by atoms with Gasteiger partial charge in [0.15, 0.2) is 7.37 Å². The van der Waals surface area contributed by atoms with Gasteiger partial charge in [-0.25, -0.2) is 0 Å². The maximum absolute atomic E-state index is 11.0. The van der Waals surface area contributed by atoms with Crippen LogP contribution in [0.4, 0.5) is 0 Å². The fraction of sp³-hybridized carbons (Fsp3) is 0.778. The van der Waals surface area contributed by atoms with Gasteiger partial charge in [0.2, 0.25) is 0 Å². The van der Waals surface area contributed by atoms with E-state index in [1.165, 1.54) is 6.66 Å². The molecule has 94 valence electrons.